The molecule has 0 rings (SSSR count). The molecule has 0 spiro atoms. The summed E-state index contributed by atoms with van der Waals surface area (Å²) in [6.07, 6.45) is 17.1. The minimum absolute atomic E-state index is 1.02. The molecule has 0 bridgehead atoms. The van der Waals surface area contributed by atoms with E-state index in [1.807, 2.05) is 6.08 Å². The molecule has 0 aromatic rings. The number of hydrogen-bond acceptors (Lipinski definition) is 0. The van der Waals surface area contributed by atoms with Crippen molar-refractivity contribution >= 4 is 0 Å². The van der Waals surface area contributed by atoms with Crippen LogP contribution in [0, 0.1) is 0 Å². The molecule has 0 aliphatic rings. The van der Waals surface area contributed by atoms with Crippen LogP contribution in [-0.2, 0) is 0 Å². The Morgan fingerprint density at radius 1 is 0.923 bits per heavy atom. The van der Waals surface area contributed by atoms with Crippen molar-refractivity contribution in [1.29, 1.82) is 0 Å². The van der Waals surface area contributed by atoms with Crippen LogP contribution in [0.15, 0.2) is 24.8 Å². The Morgan fingerprint density at radius 3 is 2.31 bits per heavy atom. The van der Waals surface area contributed by atoms with Gasteiger partial charge in [0.2, 0.25) is 0 Å². The highest BCUT2D eigenvalue weighted by atomic mass is 13.9. The van der Waals surface area contributed by atoms with E-state index in [1.165, 1.54) is 44.9 Å². The zero-order valence-electron chi connectivity index (χ0n) is 9.10. The van der Waals surface area contributed by atoms with E-state index in [1.54, 1.807) is 0 Å². The molecule has 0 heterocycles. The Balaban J connectivity index is 2.94. The van der Waals surface area contributed by atoms with Gasteiger partial charge in [0.05, 0.1) is 0 Å². The van der Waals surface area contributed by atoms with Crippen molar-refractivity contribution in [3.63, 3.8) is 0 Å². The summed E-state index contributed by atoms with van der Waals surface area (Å²) in [5.41, 5.74) is 0. The lowest BCUT2D eigenvalue weighted by molar-refractivity contribution is 0.611. The van der Waals surface area contributed by atoms with Crippen molar-refractivity contribution in [2.45, 2.75) is 58.3 Å². The molecule has 0 saturated carbocycles. The smallest absolute Gasteiger partial charge is 0.0172 e. The van der Waals surface area contributed by atoms with E-state index in [0.717, 1.165) is 6.42 Å². The van der Waals surface area contributed by atoms with E-state index >= 15 is 0 Å². The zero-order valence-corrected chi connectivity index (χ0v) is 9.10. The topological polar surface area (TPSA) is 0 Å². The summed E-state index contributed by atoms with van der Waals surface area (Å²) < 4.78 is 0. The van der Waals surface area contributed by atoms with Crippen LogP contribution in [0.5, 0.6) is 0 Å². The minimum Gasteiger partial charge on any atom is -0.103 e. The van der Waals surface area contributed by atoms with Crippen molar-refractivity contribution in [2.75, 3.05) is 0 Å². The van der Waals surface area contributed by atoms with E-state index in [9.17, 15) is 0 Å². The van der Waals surface area contributed by atoms with Crippen LogP contribution in [0.3, 0.4) is 0 Å². The molecule has 0 radical (unpaired) electrons. The van der Waals surface area contributed by atoms with E-state index in [0.29, 0.717) is 0 Å². The molecule has 0 unspecified atom stereocenters. The normalized spacial score (nSPS) is 10.8. The molecule has 0 amide bonds. The van der Waals surface area contributed by atoms with Crippen LogP contribution in [0.4, 0.5) is 0 Å². The van der Waals surface area contributed by atoms with E-state index in [2.05, 4.69) is 25.7 Å². The summed E-state index contributed by atoms with van der Waals surface area (Å²) in [6, 6.07) is 0. The Labute approximate surface area is 83.7 Å². The van der Waals surface area contributed by atoms with Crippen molar-refractivity contribution in [1.82, 2.24) is 0 Å². The third-order valence-corrected chi connectivity index (χ3v) is 2.19. The lowest BCUT2D eigenvalue weighted by Crippen LogP contribution is -1.77. The fourth-order valence-corrected chi connectivity index (χ4v) is 1.35. The number of hydrogen-bond donors (Lipinski definition) is 0. The fourth-order valence-electron chi connectivity index (χ4n) is 1.35. The van der Waals surface area contributed by atoms with Crippen molar-refractivity contribution in [3.05, 3.63) is 24.8 Å². The molecule has 13 heavy (non-hydrogen) atoms. The maximum Gasteiger partial charge on any atom is -0.0172 e. The third-order valence-electron chi connectivity index (χ3n) is 2.19. The van der Waals surface area contributed by atoms with Crippen LogP contribution < -0.4 is 0 Å². The van der Waals surface area contributed by atoms with Crippen molar-refractivity contribution in [2.24, 2.45) is 0 Å². The molecule has 0 nitrogen and oxygen atoms in total. The minimum atomic E-state index is 1.02. The van der Waals surface area contributed by atoms with Gasteiger partial charge in [-0.3, -0.25) is 0 Å². The van der Waals surface area contributed by atoms with Gasteiger partial charge in [-0.15, -0.1) is 6.58 Å². The number of allylic oxidation sites excluding steroid dienone is 3. The Morgan fingerprint density at radius 2 is 1.62 bits per heavy atom. The molecule has 0 fully saturated rings. The maximum atomic E-state index is 3.68. The molecule has 0 heteroatoms. The summed E-state index contributed by atoms with van der Waals surface area (Å²) in [5.74, 6) is 0. The van der Waals surface area contributed by atoms with E-state index in [4.69, 9.17) is 0 Å². The molecule has 0 N–H and O–H groups in total. The van der Waals surface area contributed by atoms with Crippen LogP contribution >= 0.6 is 0 Å². The first-order valence-electron chi connectivity index (χ1n) is 5.67. The molecule has 0 aliphatic carbocycles. The monoisotopic (exact) mass is 180 g/mol. The number of unbranched alkanes of at least 4 members (excludes halogenated alkanes) is 6. The Hall–Kier alpha value is -0.520. The van der Waals surface area contributed by atoms with Crippen LogP contribution in [-0.4, -0.2) is 0 Å². The second-order valence-electron chi connectivity index (χ2n) is 3.55. The maximum absolute atomic E-state index is 3.68. The first-order valence-corrected chi connectivity index (χ1v) is 5.67. The summed E-state index contributed by atoms with van der Waals surface area (Å²) >= 11 is 0. The lowest BCUT2D eigenvalue weighted by Gasteiger charge is -1.97. The molecular formula is C13H24. The third kappa shape index (κ3) is 11.5. The highest BCUT2D eigenvalue weighted by Gasteiger charge is 1.87. The Kier molecular flexibility index (Phi) is 11.0. The lowest BCUT2D eigenvalue weighted by atomic mass is 10.1. The molecule has 0 saturated heterocycles. The highest BCUT2D eigenvalue weighted by molar-refractivity contribution is 4.87. The first-order chi connectivity index (χ1) is 6.41. The molecule has 76 valence electrons. The van der Waals surface area contributed by atoms with Gasteiger partial charge in [0.15, 0.2) is 0 Å². The van der Waals surface area contributed by atoms with E-state index in [-0.39, 0.29) is 0 Å². The predicted octanol–water partition coefficient (Wildman–Crippen LogP) is 4.87. The van der Waals surface area contributed by atoms with Gasteiger partial charge >= 0.3 is 0 Å². The quantitative estimate of drug-likeness (QED) is 0.351. The van der Waals surface area contributed by atoms with Crippen LogP contribution in [0.2, 0.25) is 0 Å². The number of rotatable bonds is 9. The summed E-state index contributed by atoms with van der Waals surface area (Å²) in [7, 11) is 0. The fraction of sp³-hybridized carbons (Fsp3) is 0.692. The summed E-state index contributed by atoms with van der Waals surface area (Å²) in [5, 5.41) is 0. The molecular weight excluding hydrogens is 156 g/mol. The average molecular weight is 180 g/mol. The second-order valence-corrected chi connectivity index (χ2v) is 3.55. The molecule has 0 atom stereocenters. The Bertz CT molecular complexity index is 122. The second kappa shape index (κ2) is 11.5. The van der Waals surface area contributed by atoms with Gasteiger partial charge in [-0.25, -0.2) is 0 Å². The standard InChI is InChI=1S/C13H24/c1-3-5-7-9-11-13-12-10-8-6-4-2/h3,7,9H,1,4-6,8,10-13H2,2H3/b9-7+. The van der Waals surface area contributed by atoms with Gasteiger partial charge in [-0.05, 0) is 19.3 Å². The average Bonchev–Trinajstić information content (AvgIpc) is 2.16. The van der Waals surface area contributed by atoms with Gasteiger partial charge in [-0.1, -0.05) is 57.3 Å². The molecule has 0 aromatic carbocycles. The van der Waals surface area contributed by atoms with Crippen LogP contribution in [0.25, 0.3) is 0 Å². The zero-order chi connectivity index (χ0) is 9.78. The van der Waals surface area contributed by atoms with Crippen molar-refractivity contribution in [3.8, 4) is 0 Å². The molecule has 0 aliphatic heterocycles. The van der Waals surface area contributed by atoms with Gasteiger partial charge < -0.3 is 0 Å². The summed E-state index contributed by atoms with van der Waals surface area (Å²) in [6.45, 7) is 5.94. The SMILES string of the molecule is C=CC/C=C/CCCCCCCC. The largest absolute Gasteiger partial charge is 0.103 e. The molecule has 0 aromatic heterocycles. The predicted molar refractivity (Wildman–Crippen MR) is 61.9 cm³/mol. The van der Waals surface area contributed by atoms with E-state index < -0.39 is 0 Å². The summed E-state index contributed by atoms with van der Waals surface area (Å²) in [4.78, 5) is 0. The first kappa shape index (κ1) is 12.5. The highest BCUT2D eigenvalue weighted by Crippen LogP contribution is 2.07. The van der Waals surface area contributed by atoms with Crippen molar-refractivity contribution < 1.29 is 0 Å². The van der Waals surface area contributed by atoms with Crippen LogP contribution in [0.1, 0.15) is 58.3 Å². The van der Waals surface area contributed by atoms with Gasteiger partial charge in [0.25, 0.3) is 0 Å². The van der Waals surface area contributed by atoms with Gasteiger partial charge in [0, 0.05) is 0 Å². The van der Waals surface area contributed by atoms with Gasteiger partial charge in [-0.2, -0.15) is 0 Å². The van der Waals surface area contributed by atoms with Gasteiger partial charge in [0.1, 0.15) is 0 Å².